The molecule has 90 valence electrons. The molecule has 0 aliphatic carbocycles. The smallest absolute Gasteiger partial charge is 0.0897 e. The highest BCUT2D eigenvalue weighted by Gasteiger charge is 2.00. The molecule has 1 aromatic heterocycles. The van der Waals surface area contributed by atoms with Crippen molar-refractivity contribution in [3.8, 4) is 0 Å². The molecule has 0 radical (unpaired) electrons. The second-order valence-electron chi connectivity index (χ2n) is 3.70. The van der Waals surface area contributed by atoms with Gasteiger partial charge in [0, 0.05) is 33.1 Å². The molecule has 0 saturated carbocycles. The lowest BCUT2D eigenvalue weighted by molar-refractivity contribution is 0.699. The van der Waals surface area contributed by atoms with Gasteiger partial charge < -0.3 is 5.32 Å². The van der Waals surface area contributed by atoms with Gasteiger partial charge in [0.15, 0.2) is 0 Å². The van der Waals surface area contributed by atoms with Crippen molar-refractivity contribution in [3.05, 3.63) is 48.8 Å². The third-order valence-corrected chi connectivity index (χ3v) is 5.07. The quantitative estimate of drug-likeness (QED) is 0.863. The average molecular weight is 376 g/mol. The van der Waals surface area contributed by atoms with Crippen LogP contribution in [0.25, 0.3) is 0 Å². The van der Waals surface area contributed by atoms with Gasteiger partial charge in [-0.3, -0.25) is 0 Å². The Hall–Kier alpha value is -0.230. The molecule has 17 heavy (non-hydrogen) atoms. The Kier molecular flexibility index (Phi) is 4.73. The second kappa shape index (κ2) is 6.09. The summed E-state index contributed by atoms with van der Waals surface area (Å²) in [6.45, 7) is 3.77. The number of nitrogens with zero attached hydrogens (tertiary/aromatic N) is 1. The van der Waals surface area contributed by atoms with Gasteiger partial charge in [-0.1, -0.05) is 6.07 Å². The Morgan fingerprint density at radius 2 is 2.06 bits per heavy atom. The molecule has 1 N–H and O–H groups in total. The summed E-state index contributed by atoms with van der Waals surface area (Å²) in [4.78, 5) is 5.51. The Labute approximate surface area is 122 Å². The van der Waals surface area contributed by atoms with E-state index in [1.165, 1.54) is 10.4 Å². The van der Waals surface area contributed by atoms with Gasteiger partial charge in [0.2, 0.25) is 0 Å². The molecule has 5 heteroatoms. The fraction of sp³-hybridized carbons (Fsp3) is 0.250. The standard InChI is InChI=1S/C12H12Br2N2S/c1-8-16-7-10(17-8)6-15-5-9-2-3-11(13)12(14)4-9/h2-4,7,15H,5-6H2,1H3. The molecule has 0 atom stereocenters. The summed E-state index contributed by atoms with van der Waals surface area (Å²) < 4.78 is 2.17. The summed E-state index contributed by atoms with van der Waals surface area (Å²) in [6, 6.07) is 6.28. The first-order chi connectivity index (χ1) is 8.15. The molecule has 0 unspecified atom stereocenters. The number of benzene rings is 1. The lowest BCUT2D eigenvalue weighted by Gasteiger charge is -2.04. The zero-order chi connectivity index (χ0) is 12.3. The number of hydrogen-bond donors (Lipinski definition) is 1. The summed E-state index contributed by atoms with van der Waals surface area (Å²) in [5.41, 5.74) is 1.27. The van der Waals surface area contributed by atoms with E-state index in [0.717, 1.165) is 27.0 Å². The fourth-order valence-corrected chi connectivity index (χ4v) is 2.90. The molecule has 0 amide bonds. The molecule has 0 saturated heterocycles. The number of halogens is 2. The van der Waals surface area contributed by atoms with Gasteiger partial charge >= 0.3 is 0 Å². The molecule has 0 fully saturated rings. The van der Waals surface area contributed by atoms with Crippen LogP contribution in [0.3, 0.4) is 0 Å². The van der Waals surface area contributed by atoms with E-state index < -0.39 is 0 Å². The van der Waals surface area contributed by atoms with E-state index in [2.05, 4.69) is 60.4 Å². The van der Waals surface area contributed by atoms with Gasteiger partial charge in [0.25, 0.3) is 0 Å². The maximum Gasteiger partial charge on any atom is 0.0897 e. The first-order valence-corrected chi connectivity index (χ1v) is 7.61. The van der Waals surface area contributed by atoms with Gasteiger partial charge in [-0.15, -0.1) is 11.3 Å². The van der Waals surface area contributed by atoms with Crippen molar-refractivity contribution in [1.82, 2.24) is 10.3 Å². The lowest BCUT2D eigenvalue weighted by atomic mass is 10.2. The Morgan fingerprint density at radius 3 is 2.71 bits per heavy atom. The molecule has 2 rings (SSSR count). The van der Waals surface area contributed by atoms with Gasteiger partial charge in [0.05, 0.1) is 5.01 Å². The van der Waals surface area contributed by atoms with Crippen LogP contribution < -0.4 is 5.32 Å². The van der Waals surface area contributed by atoms with E-state index in [4.69, 9.17) is 0 Å². The van der Waals surface area contributed by atoms with Crippen LogP contribution in [0, 0.1) is 6.92 Å². The SMILES string of the molecule is Cc1ncc(CNCc2ccc(Br)c(Br)c2)s1. The third-order valence-electron chi connectivity index (χ3n) is 2.28. The minimum Gasteiger partial charge on any atom is -0.308 e. The zero-order valence-electron chi connectivity index (χ0n) is 9.34. The topological polar surface area (TPSA) is 24.9 Å². The predicted octanol–water partition coefficient (Wildman–Crippen LogP) is 4.27. The number of aryl methyl sites for hydroxylation is 1. The summed E-state index contributed by atoms with van der Waals surface area (Å²) in [5, 5.41) is 4.53. The zero-order valence-corrected chi connectivity index (χ0v) is 13.3. The number of aromatic nitrogens is 1. The lowest BCUT2D eigenvalue weighted by Crippen LogP contribution is -2.11. The van der Waals surface area contributed by atoms with Crippen molar-refractivity contribution >= 4 is 43.2 Å². The number of hydrogen-bond acceptors (Lipinski definition) is 3. The Balaban J connectivity index is 1.87. The van der Waals surface area contributed by atoms with Crippen molar-refractivity contribution in [2.45, 2.75) is 20.0 Å². The van der Waals surface area contributed by atoms with Crippen molar-refractivity contribution in [2.75, 3.05) is 0 Å². The molecule has 1 heterocycles. The fourth-order valence-electron chi connectivity index (χ4n) is 1.47. The van der Waals surface area contributed by atoms with E-state index in [-0.39, 0.29) is 0 Å². The van der Waals surface area contributed by atoms with E-state index in [0.29, 0.717) is 0 Å². The number of thiazole rings is 1. The maximum absolute atomic E-state index is 4.23. The van der Waals surface area contributed by atoms with Crippen LogP contribution in [0.1, 0.15) is 15.4 Å². The van der Waals surface area contributed by atoms with Crippen molar-refractivity contribution in [3.63, 3.8) is 0 Å². The van der Waals surface area contributed by atoms with E-state index in [9.17, 15) is 0 Å². The second-order valence-corrected chi connectivity index (χ2v) is 6.73. The monoisotopic (exact) mass is 374 g/mol. The third kappa shape index (κ3) is 3.88. The van der Waals surface area contributed by atoms with Crippen LogP contribution in [-0.4, -0.2) is 4.98 Å². The van der Waals surface area contributed by atoms with Crippen LogP contribution in [0.15, 0.2) is 33.3 Å². The van der Waals surface area contributed by atoms with Gasteiger partial charge in [-0.05, 0) is 56.5 Å². The van der Waals surface area contributed by atoms with Crippen LogP contribution in [-0.2, 0) is 13.1 Å². The van der Waals surface area contributed by atoms with E-state index in [1.54, 1.807) is 11.3 Å². The average Bonchev–Trinajstić information content (AvgIpc) is 2.70. The van der Waals surface area contributed by atoms with Crippen LogP contribution in [0.5, 0.6) is 0 Å². The Morgan fingerprint density at radius 1 is 1.24 bits per heavy atom. The molecular weight excluding hydrogens is 364 g/mol. The van der Waals surface area contributed by atoms with Gasteiger partial charge in [0.1, 0.15) is 0 Å². The molecule has 0 aliphatic heterocycles. The molecule has 0 bridgehead atoms. The van der Waals surface area contributed by atoms with E-state index >= 15 is 0 Å². The van der Waals surface area contributed by atoms with Crippen molar-refractivity contribution in [1.29, 1.82) is 0 Å². The minimum atomic E-state index is 0.864. The summed E-state index contributed by atoms with van der Waals surface area (Å²) in [6.07, 6.45) is 1.94. The summed E-state index contributed by atoms with van der Waals surface area (Å²) in [5.74, 6) is 0. The van der Waals surface area contributed by atoms with Crippen molar-refractivity contribution < 1.29 is 0 Å². The first-order valence-electron chi connectivity index (χ1n) is 5.21. The highest BCUT2D eigenvalue weighted by atomic mass is 79.9. The molecule has 0 spiro atoms. The molecule has 1 aromatic carbocycles. The molecular formula is C12H12Br2N2S. The summed E-state index contributed by atoms with van der Waals surface area (Å²) in [7, 11) is 0. The van der Waals surface area contributed by atoms with E-state index in [1.807, 2.05) is 13.1 Å². The first kappa shape index (κ1) is 13.2. The highest BCUT2D eigenvalue weighted by Crippen LogP contribution is 2.23. The van der Waals surface area contributed by atoms with Crippen LogP contribution in [0.2, 0.25) is 0 Å². The highest BCUT2D eigenvalue weighted by molar-refractivity contribution is 9.13. The Bertz CT molecular complexity index is 511. The molecule has 2 aromatic rings. The van der Waals surface area contributed by atoms with Crippen LogP contribution in [0.4, 0.5) is 0 Å². The van der Waals surface area contributed by atoms with Gasteiger partial charge in [-0.2, -0.15) is 0 Å². The normalized spacial score (nSPS) is 10.8. The minimum absolute atomic E-state index is 0.864. The largest absolute Gasteiger partial charge is 0.308 e. The van der Waals surface area contributed by atoms with Gasteiger partial charge in [-0.25, -0.2) is 4.98 Å². The maximum atomic E-state index is 4.23. The number of nitrogens with one attached hydrogen (secondary N) is 1. The summed E-state index contributed by atoms with van der Waals surface area (Å²) >= 11 is 8.70. The molecule has 2 nitrogen and oxygen atoms in total. The van der Waals surface area contributed by atoms with Crippen LogP contribution >= 0.6 is 43.2 Å². The number of rotatable bonds is 4. The molecule has 0 aliphatic rings. The predicted molar refractivity (Wildman–Crippen MR) is 79.2 cm³/mol. The van der Waals surface area contributed by atoms with Crippen molar-refractivity contribution in [2.24, 2.45) is 0 Å².